The van der Waals surface area contributed by atoms with Crippen LogP contribution in [0.15, 0.2) is 36.4 Å². The summed E-state index contributed by atoms with van der Waals surface area (Å²) in [6.07, 6.45) is 0. The predicted octanol–water partition coefficient (Wildman–Crippen LogP) is 2.08. The Bertz CT molecular complexity index is 817. The Kier molecular flexibility index (Phi) is 4.88. The van der Waals surface area contributed by atoms with E-state index in [4.69, 9.17) is 9.47 Å². The average Bonchev–Trinajstić information content (AvgIpc) is 3.08. The molecule has 1 aliphatic heterocycles. The minimum Gasteiger partial charge on any atom is -0.454 e. The van der Waals surface area contributed by atoms with Gasteiger partial charge in [0.2, 0.25) is 12.7 Å². The zero-order valence-corrected chi connectivity index (χ0v) is 14.2. The number of amides is 2. The summed E-state index contributed by atoms with van der Waals surface area (Å²) in [6.45, 7) is 4.44. The smallest absolute Gasteiger partial charge is 0.251 e. The summed E-state index contributed by atoms with van der Waals surface area (Å²) in [5.74, 6) is 0.863. The zero-order chi connectivity index (χ0) is 17.8. The zero-order valence-electron chi connectivity index (χ0n) is 14.2. The van der Waals surface area contributed by atoms with E-state index < -0.39 is 0 Å². The summed E-state index contributed by atoms with van der Waals surface area (Å²) in [5.41, 5.74) is 3.61. The number of carbonyl (C=O) groups is 2. The number of fused-ring (bicyclic) bond motifs is 1. The molecule has 0 unspecified atom stereocenters. The molecular formula is C19H20N2O4. The molecule has 1 heterocycles. The van der Waals surface area contributed by atoms with E-state index in [2.05, 4.69) is 10.6 Å². The monoisotopic (exact) mass is 340 g/mol. The van der Waals surface area contributed by atoms with E-state index in [1.165, 1.54) is 0 Å². The van der Waals surface area contributed by atoms with E-state index in [-0.39, 0.29) is 25.2 Å². The highest BCUT2D eigenvalue weighted by molar-refractivity contribution is 5.96. The van der Waals surface area contributed by atoms with Gasteiger partial charge in [-0.1, -0.05) is 12.1 Å². The fourth-order valence-electron chi connectivity index (χ4n) is 2.46. The predicted molar refractivity (Wildman–Crippen MR) is 92.7 cm³/mol. The van der Waals surface area contributed by atoms with E-state index in [9.17, 15) is 9.59 Å². The Hall–Kier alpha value is -3.02. The third kappa shape index (κ3) is 4.09. The third-order valence-electron chi connectivity index (χ3n) is 4.11. The molecule has 0 saturated heterocycles. The van der Waals surface area contributed by atoms with Crippen molar-refractivity contribution in [2.24, 2.45) is 0 Å². The van der Waals surface area contributed by atoms with E-state index >= 15 is 0 Å². The number of rotatable bonds is 5. The van der Waals surface area contributed by atoms with Crippen LogP contribution >= 0.6 is 0 Å². The van der Waals surface area contributed by atoms with Crippen LogP contribution in [0.3, 0.4) is 0 Å². The van der Waals surface area contributed by atoms with Crippen molar-refractivity contribution in [1.82, 2.24) is 10.6 Å². The fourth-order valence-corrected chi connectivity index (χ4v) is 2.46. The van der Waals surface area contributed by atoms with Gasteiger partial charge in [0.15, 0.2) is 11.5 Å². The second-order valence-corrected chi connectivity index (χ2v) is 5.95. The number of aryl methyl sites for hydroxylation is 2. The maximum Gasteiger partial charge on any atom is 0.251 e. The van der Waals surface area contributed by atoms with Crippen LogP contribution in [0.25, 0.3) is 0 Å². The van der Waals surface area contributed by atoms with Crippen LogP contribution in [0.1, 0.15) is 27.0 Å². The van der Waals surface area contributed by atoms with Gasteiger partial charge in [-0.15, -0.1) is 0 Å². The molecule has 25 heavy (non-hydrogen) atoms. The molecule has 6 nitrogen and oxygen atoms in total. The molecule has 0 radical (unpaired) electrons. The van der Waals surface area contributed by atoms with Crippen molar-refractivity contribution in [3.05, 3.63) is 58.7 Å². The Morgan fingerprint density at radius 3 is 2.56 bits per heavy atom. The maximum atomic E-state index is 12.1. The van der Waals surface area contributed by atoms with Crippen molar-refractivity contribution in [2.75, 3.05) is 13.3 Å². The number of hydrogen-bond donors (Lipinski definition) is 2. The minimum absolute atomic E-state index is 0.0731. The fraction of sp³-hybridized carbons (Fsp3) is 0.263. The Labute approximate surface area is 146 Å². The number of nitrogens with one attached hydrogen (secondary N) is 2. The first kappa shape index (κ1) is 16.8. The first-order chi connectivity index (χ1) is 12.0. The van der Waals surface area contributed by atoms with Gasteiger partial charge < -0.3 is 20.1 Å². The van der Waals surface area contributed by atoms with E-state index in [1.54, 1.807) is 6.07 Å². The number of benzene rings is 2. The number of carbonyl (C=O) groups excluding carboxylic acids is 2. The van der Waals surface area contributed by atoms with Gasteiger partial charge in [0.1, 0.15) is 0 Å². The second kappa shape index (κ2) is 7.25. The van der Waals surface area contributed by atoms with Crippen LogP contribution in [-0.4, -0.2) is 25.2 Å². The molecule has 130 valence electrons. The molecule has 1 aliphatic rings. The molecule has 6 heteroatoms. The highest BCUT2D eigenvalue weighted by Crippen LogP contribution is 2.32. The van der Waals surface area contributed by atoms with Crippen molar-refractivity contribution < 1.29 is 19.1 Å². The van der Waals surface area contributed by atoms with Gasteiger partial charge in [-0.2, -0.15) is 0 Å². The summed E-state index contributed by atoms with van der Waals surface area (Å²) < 4.78 is 10.5. The molecule has 2 aromatic carbocycles. The van der Waals surface area contributed by atoms with Crippen molar-refractivity contribution in [2.45, 2.75) is 20.4 Å². The molecule has 0 saturated carbocycles. The van der Waals surface area contributed by atoms with Gasteiger partial charge in [0, 0.05) is 12.1 Å². The lowest BCUT2D eigenvalue weighted by molar-refractivity contribution is -0.120. The summed E-state index contributed by atoms with van der Waals surface area (Å²) in [6, 6.07) is 11.0. The lowest BCUT2D eigenvalue weighted by Crippen LogP contribution is -2.36. The van der Waals surface area contributed by atoms with Crippen LogP contribution in [0.5, 0.6) is 11.5 Å². The van der Waals surface area contributed by atoms with Crippen LogP contribution in [-0.2, 0) is 11.3 Å². The molecule has 2 aromatic rings. The molecule has 2 amide bonds. The molecule has 3 rings (SSSR count). The molecule has 0 bridgehead atoms. The summed E-state index contributed by atoms with van der Waals surface area (Å²) >= 11 is 0. The standard InChI is InChI=1S/C19H20N2O4/c1-12-3-5-15(7-13(12)2)19(23)21-10-18(22)20-9-14-4-6-16-17(8-14)25-11-24-16/h3-8H,9-11H2,1-2H3,(H,20,22)(H,21,23). The van der Waals surface area contributed by atoms with Gasteiger partial charge in [0.25, 0.3) is 5.91 Å². The van der Waals surface area contributed by atoms with Crippen molar-refractivity contribution in [3.63, 3.8) is 0 Å². The van der Waals surface area contributed by atoms with Crippen LogP contribution < -0.4 is 20.1 Å². The van der Waals surface area contributed by atoms with E-state index in [0.717, 1.165) is 16.7 Å². The molecule has 0 spiro atoms. The molecular weight excluding hydrogens is 320 g/mol. The van der Waals surface area contributed by atoms with Gasteiger partial charge in [0.05, 0.1) is 6.54 Å². The third-order valence-corrected chi connectivity index (χ3v) is 4.11. The van der Waals surface area contributed by atoms with E-state index in [0.29, 0.717) is 23.6 Å². The molecule has 0 aromatic heterocycles. The number of hydrogen-bond acceptors (Lipinski definition) is 4. The summed E-state index contributed by atoms with van der Waals surface area (Å²) in [7, 11) is 0. The Balaban J connectivity index is 1.47. The first-order valence-corrected chi connectivity index (χ1v) is 8.03. The quantitative estimate of drug-likeness (QED) is 0.874. The van der Waals surface area contributed by atoms with Crippen molar-refractivity contribution in [3.8, 4) is 11.5 Å². The Morgan fingerprint density at radius 1 is 0.960 bits per heavy atom. The van der Waals surface area contributed by atoms with Gasteiger partial charge in [-0.25, -0.2) is 0 Å². The number of ether oxygens (including phenoxy) is 2. The van der Waals surface area contributed by atoms with Crippen molar-refractivity contribution >= 4 is 11.8 Å². The summed E-state index contributed by atoms with van der Waals surface area (Å²) in [4.78, 5) is 24.0. The van der Waals surface area contributed by atoms with E-state index in [1.807, 2.05) is 44.2 Å². The highest BCUT2D eigenvalue weighted by atomic mass is 16.7. The largest absolute Gasteiger partial charge is 0.454 e. The van der Waals surface area contributed by atoms with Crippen molar-refractivity contribution in [1.29, 1.82) is 0 Å². The normalized spacial score (nSPS) is 11.9. The molecule has 0 fully saturated rings. The van der Waals surface area contributed by atoms with Gasteiger partial charge in [-0.05, 0) is 54.8 Å². The topological polar surface area (TPSA) is 76.7 Å². The Morgan fingerprint density at radius 2 is 1.76 bits per heavy atom. The molecule has 2 N–H and O–H groups in total. The second-order valence-electron chi connectivity index (χ2n) is 5.95. The highest BCUT2D eigenvalue weighted by Gasteiger charge is 2.13. The van der Waals surface area contributed by atoms with Gasteiger partial charge >= 0.3 is 0 Å². The minimum atomic E-state index is -0.263. The van der Waals surface area contributed by atoms with Gasteiger partial charge in [-0.3, -0.25) is 9.59 Å². The molecule has 0 aliphatic carbocycles. The average molecular weight is 340 g/mol. The first-order valence-electron chi connectivity index (χ1n) is 8.03. The maximum absolute atomic E-state index is 12.1. The summed E-state index contributed by atoms with van der Waals surface area (Å²) in [5, 5.41) is 5.40. The lowest BCUT2D eigenvalue weighted by Gasteiger charge is -2.09. The lowest BCUT2D eigenvalue weighted by atomic mass is 10.1. The molecule has 0 atom stereocenters. The van der Waals surface area contributed by atoms with Crippen LogP contribution in [0, 0.1) is 13.8 Å². The van der Waals surface area contributed by atoms with Crippen LogP contribution in [0.4, 0.5) is 0 Å². The SMILES string of the molecule is Cc1ccc(C(=O)NCC(=O)NCc2ccc3c(c2)OCO3)cc1C. The van der Waals surface area contributed by atoms with Crippen LogP contribution in [0.2, 0.25) is 0 Å².